The van der Waals surface area contributed by atoms with E-state index in [4.69, 9.17) is 0 Å². The molecule has 4 heteroatoms. The molecule has 5 aliphatic carbocycles. The number of phenolic OH excluding ortho intramolecular Hbond substituents is 1. The summed E-state index contributed by atoms with van der Waals surface area (Å²) < 4.78 is 0. The molecule has 0 spiro atoms. The molecule has 2 aromatic rings. The zero-order chi connectivity index (χ0) is 25.2. The van der Waals surface area contributed by atoms with Gasteiger partial charge >= 0.3 is 0 Å². The molecule has 0 radical (unpaired) electrons. The van der Waals surface area contributed by atoms with Gasteiger partial charge in [0.2, 0.25) is 0 Å². The first-order valence-electron chi connectivity index (χ1n) is 15.2. The summed E-state index contributed by atoms with van der Waals surface area (Å²) in [6.07, 6.45) is 15.4. The van der Waals surface area contributed by atoms with E-state index in [1.54, 1.807) is 0 Å². The topological polar surface area (TPSA) is 43.8 Å². The van der Waals surface area contributed by atoms with Crippen molar-refractivity contribution in [2.45, 2.75) is 75.3 Å². The molecule has 5 fully saturated rings. The van der Waals surface area contributed by atoms with Crippen LogP contribution in [-0.4, -0.2) is 52.5 Å². The minimum atomic E-state index is 0.102. The lowest BCUT2D eigenvalue weighted by molar-refractivity contribution is -0.102. The van der Waals surface area contributed by atoms with Crippen LogP contribution in [0.1, 0.15) is 77.6 Å². The fraction of sp³-hybridized carbons (Fsp3) is 0.559. The molecule has 4 bridgehead atoms. The summed E-state index contributed by atoms with van der Waals surface area (Å²) in [5.41, 5.74) is 6.78. The van der Waals surface area contributed by atoms with Crippen molar-refractivity contribution in [2.75, 3.05) is 19.6 Å². The first-order valence-corrected chi connectivity index (χ1v) is 15.2. The Morgan fingerprint density at radius 2 is 1.95 bits per heavy atom. The van der Waals surface area contributed by atoms with E-state index in [2.05, 4.69) is 52.3 Å². The highest BCUT2D eigenvalue weighted by atomic mass is 16.3. The van der Waals surface area contributed by atoms with Crippen LogP contribution in [0.5, 0.6) is 5.75 Å². The van der Waals surface area contributed by atoms with Gasteiger partial charge in [-0.25, -0.2) is 0 Å². The lowest BCUT2D eigenvalue weighted by Gasteiger charge is -2.66. The van der Waals surface area contributed by atoms with E-state index in [1.165, 1.54) is 67.4 Å². The van der Waals surface area contributed by atoms with Crippen LogP contribution in [0.15, 0.2) is 42.5 Å². The zero-order valence-electron chi connectivity index (χ0n) is 22.2. The molecule has 2 aromatic carbocycles. The monoisotopic (exact) mass is 506 g/mol. The van der Waals surface area contributed by atoms with Crippen LogP contribution in [0.4, 0.5) is 0 Å². The molecule has 6 atom stereocenters. The quantitative estimate of drug-likeness (QED) is 0.592. The maximum absolute atomic E-state index is 14.1. The minimum Gasteiger partial charge on any atom is -0.508 e. The van der Waals surface area contributed by atoms with Gasteiger partial charge in [0, 0.05) is 36.2 Å². The molecule has 9 rings (SSSR count). The van der Waals surface area contributed by atoms with Crippen LogP contribution in [0, 0.1) is 23.2 Å². The number of piperidine rings is 1. The number of nitrogens with zero attached hydrogens (tertiary/aromatic N) is 2. The average molecular weight is 507 g/mol. The van der Waals surface area contributed by atoms with Gasteiger partial charge in [0.05, 0.1) is 0 Å². The Bertz CT molecular complexity index is 1390. The van der Waals surface area contributed by atoms with Crippen molar-refractivity contribution in [3.63, 3.8) is 0 Å². The standard InChI is InChI=1S/C34H38N2O2/c37-27-10-9-24-16-30-33-12-11-29-31(34(33,28(24)17-27)13-14-35(30)19-21-5-6-21)26(18-33)20-36(29)32(38)25-8-7-22-3-1-2-4-23(22)15-25/h2,4,7-10,15,17,21,26,29-31,37H,1,3,5-6,11-14,16,18-20H2/t26-,29?,30?,31?,33?,34?/m1/s1. The van der Waals surface area contributed by atoms with Gasteiger partial charge in [-0.1, -0.05) is 24.3 Å². The molecule has 4 nitrogen and oxygen atoms in total. The van der Waals surface area contributed by atoms with Gasteiger partial charge in [0.1, 0.15) is 5.75 Å². The van der Waals surface area contributed by atoms with Crippen LogP contribution < -0.4 is 0 Å². The van der Waals surface area contributed by atoms with Crippen LogP contribution in [0.2, 0.25) is 0 Å². The van der Waals surface area contributed by atoms with Gasteiger partial charge in [-0.15, -0.1) is 0 Å². The average Bonchev–Trinajstić information content (AvgIpc) is 3.63. The van der Waals surface area contributed by atoms with Gasteiger partial charge in [-0.3, -0.25) is 9.69 Å². The van der Waals surface area contributed by atoms with E-state index in [0.29, 0.717) is 35.1 Å². The highest BCUT2D eigenvalue weighted by Crippen LogP contribution is 2.75. The molecule has 1 N–H and O–H groups in total. The number of rotatable bonds is 3. The van der Waals surface area contributed by atoms with Gasteiger partial charge in [-0.05, 0) is 134 Å². The molecule has 38 heavy (non-hydrogen) atoms. The molecule has 5 unspecified atom stereocenters. The van der Waals surface area contributed by atoms with E-state index in [-0.39, 0.29) is 11.3 Å². The second-order valence-corrected chi connectivity index (χ2v) is 13.8. The zero-order valence-corrected chi connectivity index (χ0v) is 22.2. The van der Waals surface area contributed by atoms with Crippen molar-refractivity contribution < 1.29 is 9.90 Å². The Kier molecular flexibility index (Phi) is 4.41. The Hall–Kier alpha value is -2.59. The Morgan fingerprint density at radius 3 is 2.84 bits per heavy atom. The molecule has 0 aromatic heterocycles. The maximum Gasteiger partial charge on any atom is 0.254 e. The number of fused-ring (bicyclic) bond motifs is 2. The third-order valence-electron chi connectivity index (χ3n) is 12.3. The highest BCUT2D eigenvalue weighted by molar-refractivity contribution is 5.95. The summed E-state index contributed by atoms with van der Waals surface area (Å²) >= 11 is 0. The van der Waals surface area contributed by atoms with Crippen molar-refractivity contribution in [2.24, 2.45) is 23.2 Å². The summed E-state index contributed by atoms with van der Waals surface area (Å²) in [5, 5.41) is 10.7. The van der Waals surface area contributed by atoms with Gasteiger partial charge in [0.25, 0.3) is 5.91 Å². The number of likely N-dealkylation sites (tertiary alicyclic amines) is 2. The van der Waals surface area contributed by atoms with Crippen LogP contribution >= 0.6 is 0 Å². The number of carbonyl (C=O) groups is 1. The molecular formula is C34H38N2O2. The van der Waals surface area contributed by atoms with Crippen molar-refractivity contribution in [3.05, 3.63) is 70.3 Å². The van der Waals surface area contributed by atoms with E-state index in [9.17, 15) is 9.90 Å². The molecule has 2 saturated heterocycles. The smallest absolute Gasteiger partial charge is 0.254 e. The lowest BCUT2D eigenvalue weighted by atomic mass is 9.43. The molecule has 7 aliphatic rings. The van der Waals surface area contributed by atoms with Gasteiger partial charge in [-0.2, -0.15) is 0 Å². The van der Waals surface area contributed by atoms with E-state index >= 15 is 0 Å². The SMILES string of the molecule is O=C(c1ccc2c(c1)C=CCC2)N1C[C@H]2CC34CCC1C2C31CCN(CC2CC2)C4Cc2ccc(O)cc21. The number of carbonyl (C=O) groups excluding carboxylic acids is 1. The lowest BCUT2D eigenvalue weighted by Crippen LogP contribution is -2.69. The number of amides is 1. The number of phenols is 1. The predicted octanol–water partition coefficient (Wildman–Crippen LogP) is 5.57. The van der Waals surface area contributed by atoms with Crippen molar-refractivity contribution >= 4 is 12.0 Å². The maximum atomic E-state index is 14.1. The second-order valence-electron chi connectivity index (χ2n) is 13.8. The van der Waals surface area contributed by atoms with E-state index in [0.717, 1.165) is 43.7 Å². The number of hydrogen-bond donors (Lipinski definition) is 1. The summed E-state index contributed by atoms with van der Waals surface area (Å²) in [4.78, 5) is 19.3. The third-order valence-corrected chi connectivity index (χ3v) is 12.3. The van der Waals surface area contributed by atoms with Crippen LogP contribution in [-0.2, 0) is 18.3 Å². The Morgan fingerprint density at radius 1 is 1.05 bits per heavy atom. The number of benzene rings is 2. The van der Waals surface area contributed by atoms with E-state index < -0.39 is 0 Å². The number of allylic oxidation sites excluding steroid dienone is 1. The second kappa shape index (κ2) is 7.53. The largest absolute Gasteiger partial charge is 0.508 e. The number of aromatic hydroxyl groups is 1. The predicted molar refractivity (Wildman–Crippen MR) is 148 cm³/mol. The first-order chi connectivity index (χ1) is 18.6. The van der Waals surface area contributed by atoms with Gasteiger partial charge in [0.15, 0.2) is 0 Å². The normalized spacial score (nSPS) is 38.1. The van der Waals surface area contributed by atoms with E-state index in [1.807, 2.05) is 6.07 Å². The Balaban J connectivity index is 1.13. The van der Waals surface area contributed by atoms with Crippen molar-refractivity contribution in [3.8, 4) is 5.75 Å². The first kappa shape index (κ1) is 22.2. The van der Waals surface area contributed by atoms with Crippen LogP contribution in [0.3, 0.4) is 0 Å². The molecule has 196 valence electrons. The summed E-state index contributed by atoms with van der Waals surface area (Å²) in [7, 11) is 0. The fourth-order valence-electron chi connectivity index (χ4n) is 10.9. The molecular weight excluding hydrogens is 468 g/mol. The van der Waals surface area contributed by atoms with Crippen molar-refractivity contribution in [1.82, 2.24) is 9.80 Å². The van der Waals surface area contributed by atoms with Gasteiger partial charge < -0.3 is 10.0 Å². The summed E-state index contributed by atoms with van der Waals surface area (Å²) in [6.45, 7) is 3.37. The minimum absolute atomic E-state index is 0.102. The fourth-order valence-corrected chi connectivity index (χ4v) is 10.9. The van der Waals surface area contributed by atoms with Crippen LogP contribution in [0.25, 0.3) is 6.08 Å². The highest BCUT2D eigenvalue weighted by Gasteiger charge is 2.76. The van der Waals surface area contributed by atoms with Crippen molar-refractivity contribution in [1.29, 1.82) is 0 Å². The Labute approximate surface area is 225 Å². The third kappa shape index (κ3) is 2.73. The molecule has 3 saturated carbocycles. The molecule has 2 aliphatic heterocycles. The molecule has 1 amide bonds. The molecule has 2 heterocycles. The summed E-state index contributed by atoms with van der Waals surface area (Å²) in [6, 6.07) is 13.6. The number of aryl methyl sites for hydroxylation is 1. The summed E-state index contributed by atoms with van der Waals surface area (Å²) in [5.74, 6) is 2.66. The number of hydrogen-bond acceptors (Lipinski definition) is 3.